The Bertz CT molecular complexity index is 1300. The molecular formula is C29H27NO6. The summed E-state index contributed by atoms with van der Waals surface area (Å²) < 4.78 is 5.68. The molecule has 1 unspecified atom stereocenters. The number of nitrogens with two attached hydrogens (primary N) is 1. The van der Waals surface area contributed by atoms with E-state index < -0.39 is 17.8 Å². The number of carbonyl (C=O) groups excluding carboxylic acids is 3. The number of aryl methyl sites for hydroxylation is 1. The van der Waals surface area contributed by atoms with Crippen LogP contribution < -0.4 is 5.73 Å². The quantitative estimate of drug-likeness (QED) is 0.183. The highest BCUT2D eigenvalue weighted by molar-refractivity contribution is 6.19. The molecular weight excluding hydrogens is 458 g/mol. The van der Waals surface area contributed by atoms with Crippen molar-refractivity contribution in [2.75, 3.05) is 0 Å². The molecule has 0 amide bonds. The maximum absolute atomic E-state index is 12.8. The number of benzene rings is 2. The van der Waals surface area contributed by atoms with Gasteiger partial charge in [0.1, 0.15) is 17.6 Å². The van der Waals surface area contributed by atoms with E-state index in [0.717, 1.165) is 24.0 Å². The van der Waals surface area contributed by atoms with Crippen molar-refractivity contribution in [1.29, 1.82) is 0 Å². The smallest absolute Gasteiger partial charge is 0.320 e. The molecule has 1 aromatic heterocycles. The van der Waals surface area contributed by atoms with Crippen molar-refractivity contribution >= 4 is 28.9 Å². The summed E-state index contributed by atoms with van der Waals surface area (Å²) in [6.07, 6.45) is 2.44. The predicted molar refractivity (Wildman–Crippen MR) is 134 cm³/mol. The highest BCUT2D eigenvalue weighted by Crippen LogP contribution is 2.36. The van der Waals surface area contributed by atoms with Crippen LogP contribution in [-0.4, -0.2) is 34.5 Å². The van der Waals surface area contributed by atoms with Crippen molar-refractivity contribution in [3.63, 3.8) is 0 Å². The molecule has 0 bridgehead atoms. The van der Waals surface area contributed by atoms with Crippen molar-refractivity contribution in [1.82, 2.24) is 0 Å². The second-order valence-electron chi connectivity index (χ2n) is 9.02. The first-order valence-electron chi connectivity index (χ1n) is 11.8. The second kappa shape index (κ2) is 10.7. The van der Waals surface area contributed by atoms with E-state index in [1.807, 2.05) is 30.3 Å². The van der Waals surface area contributed by atoms with Gasteiger partial charge in [0.25, 0.3) is 0 Å². The van der Waals surface area contributed by atoms with Gasteiger partial charge in [0.05, 0.1) is 12.0 Å². The number of rotatable bonds is 11. The third-order valence-electron chi connectivity index (χ3n) is 6.35. The van der Waals surface area contributed by atoms with E-state index in [9.17, 15) is 19.2 Å². The molecule has 184 valence electrons. The third kappa shape index (κ3) is 5.42. The van der Waals surface area contributed by atoms with E-state index in [2.05, 4.69) is 6.58 Å². The number of hydrogen-bond donors (Lipinski definition) is 2. The highest BCUT2D eigenvalue weighted by atomic mass is 16.4. The zero-order chi connectivity index (χ0) is 25.8. The molecule has 1 aliphatic carbocycles. The van der Waals surface area contributed by atoms with Crippen LogP contribution in [-0.2, 0) is 22.4 Å². The highest BCUT2D eigenvalue weighted by Gasteiger charge is 2.31. The molecule has 0 saturated carbocycles. The average Bonchev–Trinajstić information content (AvgIpc) is 3.32. The van der Waals surface area contributed by atoms with Crippen LogP contribution >= 0.6 is 0 Å². The van der Waals surface area contributed by atoms with Crippen LogP contribution in [0.2, 0.25) is 0 Å². The number of fused-ring (bicyclic) bond motifs is 2. The summed E-state index contributed by atoms with van der Waals surface area (Å²) in [7, 11) is 0. The number of carboxylic acid groups (broad SMARTS) is 1. The van der Waals surface area contributed by atoms with Crippen LogP contribution in [0.5, 0.6) is 0 Å². The van der Waals surface area contributed by atoms with Crippen molar-refractivity contribution < 1.29 is 28.7 Å². The number of Topliss-reactive ketones (excluding diaryl/α,β-unsaturated/α-hetero) is 2. The fourth-order valence-corrected chi connectivity index (χ4v) is 4.32. The molecule has 1 aliphatic rings. The molecule has 7 heteroatoms. The molecule has 0 radical (unpaired) electrons. The molecule has 1 heterocycles. The summed E-state index contributed by atoms with van der Waals surface area (Å²) in [5.41, 5.74) is 9.54. The molecule has 36 heavy (non-hydrogen) atoms. The number of aliphatic carboxylic acids is 1. The fraction of sp³-hybridized carbons (Fsp3) is 0.241. The minimum atomic E-state index is -1.03. The van der Waals surface area contributed by atoms with Gasteiger partial charge >= 0.3 is 5.97 Å². The van der Waals surface area contributed by atoms with Crippen molar-refractivity contribution in [2.45, 2.75) is 44.6 Å². The first-order valence-corrected chi connectivity index (χ1v) is 11.8. The summed E-state index contributed by atoms with van der Waals surface area (Å²) >= 11 is 0. The van der Waals surface area contributed by atoms with E-state index in [1.54, 1.807) is 18.2 Å². The Kier molecular flexibility index (Phi) is 7.41. The minimum absolute atomic E-state index is 0.00152. The summed E-state index contributed by atoms with van der Waals surface area (Å²) in [4.78, 5) is 48.7. The number of carbonyl (C=O) groups is 4. The monoisotopic (exact) mass is 485 g/mol. The van der Waals surface area contributed by atoms with Crippen LogP contribution in [0.15, 0.2) is 65.6 Å². The fourth-order valence-electron chi connectivity index (χ4n) is 4.32. The van der Waals surface area contributed by atoms with Crippen LogP contribution in [0.3, 0.4) is 0 Å². The van der Waals surface area contributed by atoms with Crippen molar-refractivity contribution in [3.05, 3.63) is 101 Å². The maximum Gasteiger partial charge on any atom is 0.320 e. The first-order chi connectivity index (χ1) is 17.2. The molecule has 2 aromatic carbocycles. The van der Waals surface area contributed by atoms with E-state index >= 15 is 0 Å². The Morgan fingerprint density at radius 2 is 1.61 bits per heavy atom. The van der Waals surface area contributed by atoms with E-state index in [-0.39, 0.29) is 42.3 Å². The van der Waals surface area contributed by atoms with Gasteiger partial charge < -0.3 is 15.3 Å². The summed E-state index contributed by atoms with van der Waals surface area (Å²) in [5.74, 6) is -1.60. The van der Waals surface area contributed by atoms with Gasteiger partial charge in [-0.15, -0.1) is 0 Å². The molecule has 0 aliphatic heterocycles. The summed E-state index contributed by atoms with van der Waals surface area (Å²) in [5, 5.41) is 8.90. The molecule has 0 spiro atoms. The van der Waals surface area contributed by atoms with Gasteiger partial charge in [-0.25, -0.2) is 0 Å². The van der Waals surface area contributed by atoms with Gasteiger partial charge in [0, 0.05) is 17.6 Å². The Balaban J connectivity index is 1.26. The lowest BCUT2D eigenvalue weighted by atomic mass is 9.86. The van der Waals surface area contributed by atoms with E-state index in [0.29, 0.717) is 28.7 Å². The lowest BCUT2D eigenvalue weighted by Gasteiger charge is -2.15. The molecule has 1 atom stereocenters. The number of hydrogen-bond acceptors (Lipinski definition) is 6. The van der Waals surface area contributed by atoms with E-state index in [1.165, 1.54) is 6.07 Å². The van der Waals surface area contributed by atoms with Gasteiger partial charge in [0.2, 0.25) is 5.78 Å². The first kappa shape index (κ1) is 25.0. The Hall–Kier alpha value is -4.10. The van der Waals surface area contributed by atoms with Gasteiger partial charge in [-0.2, -0.15) is 0 Å². The Morgan fingerprint density at radius 3 is 2.31 bits per heavy atom. The summed E-state index contributed by atoms with van der Waals surface area (Å²) in [6, 6.07) is 15.2. The van der Waals surface area contributed by atoms with E-state index in [4.69, 9.17) is 15.3 Å². The molecule has 4 rings (SSSR count). The SMILES string of the molecule is C=C1c2ccccc2C(=O)c2cc(C(=O)CC(=O)CCCCc3ccc(CC(N)C(=O)O)cc3)oc21. The molecule has 0 fully saturated rings. The van der Waals surface area contributed by atoms with Crippen LogP contribution in [0.25, 0.3) is 5.57 Å². The van der Waals surface area contributed by atoms with Gasteiger partial charge in [-0.05, 0) is 48.4 Å². The molecule has 3 aromatic rings. The number of carboxylic acids is 1. The lowest BCUT2D eigenvalue weighted by molar-refractivity contribution is -0.138. The zero-order valence-corrected chi connectivity index (χ0v) is 19.8. The van der Waals surface area contributed by atoms with Crippen molar-refractivity contribution in [3.8, 4) is 0 Å². The largest absolute Gasteiger partial charge is 0.480 e. The predicted octanol–water partition coefficient (Wildman–Crippen LogP) is 4.39. The van der Waals surface area contributed by atoms with Crippen LogP contribution in [0.1, 0.15) is 74.6 Å². The molecule has 7 nitrogen and oxygen atoms in total. The number of furan rings is 1. The van der Waals surface area contributed by atoms with Gasteiger partial charge in [-0.3, -0.25) is 19.2 Å². The molecule has 0 saturated heterocycles. The van der Waals surface area contributed by atoms with Crippen LogP contribution in [0, 0.1) is 0 Å². The maximum atomic E-state index is 12.8. The third-order valence-corrected chi connectivity index (χ3v) is 6.35. The summed E-state index contributed by atoms with van der Waals surface area (Å²) in [6.45, 7) is 4.01. The second-order valence-corrected chi connectivity index (χ2v) is 9.02. The average molecular weight is 486 g/mol. The minimum Gasteiger partial charge on any atom is -0.480 e. The topological polar surface area (TPSA) is 128 Å². The zero-order valence-electron chi connectivity index (χ0n) is 19.8. The standard InChI is InChI=1S/C29H27NO6/c1-17-21-8-4-5-9-22(21)27(33)23-16-26(36-28(17)23)25(32)15-20(31)7-3-2-6-18-10-12-19(13-11-18)14-24(30)29(34)35/h4-5,8-13,16,24H,1-3,6-7,14-15,30H2,(H,34,35). The van der Waals surface area contributed by atoms with Crippen molar-refractivity contribution in [2.24, 2.45) is 5.73 Å². The lowest BCUT2D eigenvalue weighted by Crippen LogP contribution is -2.32. The van der Waals surface area contributed by atoms with Gasteiger partial charge in [0.15, 0.2) is 11.5 Å². The van der Waals surface area contributed by atoms with Crippen LogP contribution in [0.4, 0.5) is 0 Å². The van der Waals surface area contributed by atoms with Gasteiger partial charge in [-0.1, -0.05) is 55.1 Å². The number of ketones is 3. The Labute approximate surface area is 208 Å². The molecule has 3 N–H and O–H groups in total. The Morgan fingerprint density at radius 1 is 0.944 bits per heavy atom. The normalized spacial score (nSPS) is 13.1. The number of unbranched alkanes of at least 4 members (excludes halogenated alkanes) is 1.